The number of aryl methyl sites for hydroxylation is 1. The highest BCUT2D eigenvalue weighted by molar-refractivity contribution is 5.85. The first kappa shape index (κ1) is 22.1. The summed E-state index contributed by atoms with van der Waals surface area (Å²) in [4.78, 5) is 11.1. The van der Waals surface area contributed by atoms with Gasteiger partial charge in [0.25, 0.3) is 0 Å². The van der Waals surface area contributed by atoms with Gasteiger partial charge < -0.3 is 10.6 Å². The van der Waals surface area contributed by atoms with Crippen molar-refractivity contribution < 1.29 is 0 Å². The molecule has 2 N–H and O–H groups in total. The smallest absolute Gasteiger partial charge is 0.133 e. The highest BCUT2D eigenvalue weighted by atomic mass is 35.5. The van der Waals surface area contributed by atoms with E-state index < -0.39 is 0 Å². The number of nitrogens with zero attached hydrogens (tertiary/aromatic N) is 5. The number of hydrogen-bond donors (Lipinski definition) is 2. The number of benzene rings is 1. The van der Waals surface area contributed by atoms with Crippen LogP contribution in [0.2, 0.25) is 0 Å². The number of aromatic nitrogens is 5. The summed E-state index contributed by atoms with van der Waals surface area (Å²) in [6.45, 7) is 4.61. The summed E-state index contributed by atoms with van der Waals surface area (Å²) in [5, 5.41) is 15.8. The summed E-state index contributed by atoms with van der Waals surface area (Å²) >= 11 is 0. The topological polar surface area (TPSA) is 80.6 Å². The van der Waals surface area contributed by atoms with Crippen LogP contribution in [0.3, 0.4) is 0 Å². The first-order chi connectivity index (χ1) is 12.8. The maximum absolute atomic E-state index is 4.73. The number of fused-ring (bicyclic) bond motifs is 1. The Morgan fingerprint density at radius 1 is 1.07 bits per heavy atom. The summed E-state index contributed by atoms with van der Waals surface area (Å²) in [5.74, 6) is 1.82. The Labute approximate surface area is 177 Å². The third kappa shape index (κ3) is 4.98. The Kier molecular flexibility index (Phi) is 8.17. The quantitative estimate of drug-likeness (QED) is 0.658. The Hall–Kier alpha value is -2.22. The van der Waals surface area contributed by atoms with Gasteiger partial charge in [-0.3, -0.25) is 0 Å². The summed E-state index contributed by atoms with van der Waals surface area (Å²) in [6, 6.07) is 9.92. The normalized spacial score (nSPS) is 12.9. The van der Waals surface area contributed by atoms with Gasteiger partial charge in [-0.1, -0.05) is 25.1 Å². The van der Waals surface area contributed by atoms with Crippen LogP contribution in [0.4, 0.5) is 5.82 Å². The summed E-state index contributed by atoms with van der Waals surface area (Å²) in [7, 11) is 0. The van der Waals surface area contributed by atoms with Crippen LogP contribution in [0.1, 0.15) is 29.7 Å². The molecule has 0 unspecified atom stereocenters. The van der Waals surface area contributed by atoms with Crippen LogP contribution in [0.25, 0.3) is 5.69 Å². The number of rotatable bonds is 5. The molecule has 1 aromatic carbocycles. The molecule has 1 aliphatic rings. The lowest BCUT2D eigenvalue weighted by atomic mass is 10.1. The van der Waals surface area contributed by atoms with Gasteiger partial charge in [0.1, 0.15) is 17.3 Å². The minimum absolute atomic E-state index is 0. The molecule has 3 heterocycles. The molecule has 0 aliphatic carbocycles. The first-order valence-electron chi connectivity index (χ1n) is 9.13. The number of para-hydroxylation sites is 1. The van der Waals surface area contributed by atoms with Gasteiger partial charge in [0.15, 0.2) is 0 Å². The van der Waals surface area contributed by atoms with Crippen molar-refractivity contribution in [3.63, 3.8) is 0 Å². The van der Waals surface area contributed by atoms with Crippen molar-refractivity contribution in [1.29, 1.82) is 0 Å². The van der Waals surface area contributed by atoms with E-state index in [-0.39, 0.29) is 24.8 Å². The Morgan fingerprint density at radius 3 is 2.64 bits per heavy atom. The van der Waals surface area contributed by atoms with Crippen molar-refractivity contribution in [2.75, 3.05) is 18.4 Å². The fraction of sp³-hybridized carbons (Fsp3) is 0.368. The average molecular weight is 422 g/mol. The number of halogens is 2. The molecule has 0 radical (unpaired) electrons. The lowest BCUT2D eigenvalue weighted by Gasteiger charge is -2.13. The second-order valence-corrected chi connectivity index (χ2v) is 6.33. The Balaban J connectivity index is 0.00000140. The molecule has 7 nitrogen and oxygen atoms in total. The van der Waals surface area contributed by atoms with E-state index in [2.05, 4.69) is 27.8 Å². The van der Waals surface area contributed by atoms with Gasteiger partial charge in [0, 0.05) is 24.9 Å². The lowest BCUT2D eigenvalue weighted by Crippen LogP contribution is -2.16. The van der Waals surface area contributed by atoms with E-state index in [0.717, 1.165) is 61.1 Å². The van der Waals surface area contributed by atoms with Crippen LogP contribution >= 0.6 is 24.8 Å². The van der Waals surface area contributed by atoms with Gasteiger partial charge in [0.05, 0.1) is 24.1 Å². The standard InChI is InChI=1S/C19H23N7.2ClH/c1-2-18-23-17-9-11-20-10-8-16(17)19(24-18)21-12-14-13-22-26(25-14)15-6-4-3-5-7-15;;/h3-7,13,20H,2,8-12H2,1H3,(H,21,23,24);2*1H. The van der Waals surface area contributed by atoms with Crippen molar-refractivity contribution in [3.05, 3.63) is 59.3 Å². The van der Waals surface area contributed by atoms with Gasteiger partial charge in [-0.05, 0) is 25.1 Å². The van der Waals surface area contributed by atoms with Crippen LogP contribution in [0.15, 0.2) is 36.5 Å². The molecule has 0 bridgehead atoms. The zero-order chi connectivity index (χ0) is 17.8. The zero-order valence-electron chi connectivity index (χ0n) is 15.8. The van der Waals surface area contributed by atoms with Gasteiger partial charge in [-0.25, -0.2) is 9.97 Å². The Bertz CT molecular complexity index is 883. The van der Waals surface area contributed by atoms with E-state index in [4.69, 9.17) is 9.97 Å². The summed E-state index contributed by atoms with van der Waals surface area (Å²) < 4.78 is 0. The molecule has 2 aromatic heterocycles. The van der Waals surface area contributed by atoms with Crippen molar-refractivity contribution >= 4 is 30.6 Å². The summed E-state index contributed by atoms with van der Waals surface area (Å²) in [6.07, 6.45) is 4.52. The van der Waals surface area contributed by atoms with Crippen LogP contribution in [0, 0.1) is 0 Å². The monoisotopic (exact) mass is 421 g/mol. The lowest BCUT2D eigenvalue weighted by molar-refractivity contribution is 0.708. The van der Waals surface area contributed by atoms with Crippen molar-refractivity contribution in [2.45, 2.75) is 32.7 Å². The SMILES string of the molecule is CCc1nc2c(c(NCc3cnn(-c4ccccc4)n3)n1)CCNCC2.Cl.Cl. The molecule has 0 amide bonds. The van der Waals surface area contributed by atoms with Gasteiger partial charge >= 0.3 is 0 Å². The molecule has 1 aliphatic heterocycles. The van der Waals surface area contributed by atoms with Gasteiger partial charge in [-0.2, -0.15) is 15.0 Å². The predicted molar refractivity (Wildman–Crippen MR) is 115 cm³/mol. The molecule has 9 heteroatoms. The highest BCUT2D eigenvalue weighted by Crippen LogP contribution is 2.20. The van der Waals surface area contributed by atoms with Crippen LogP contribution < -0.4 is 10.6 Å². The fourth-order valence-corrected chi connectivity index (χ4v) is 3.14. The van der Waals surface area contributed by atoms with Crippen molar-refractivity contribution in [1.82, 2.24) is 30.3 Å². The molecule has 0 atom stereocenters. The molecule has 3 aromatic rings. The fourth-order valence-electron chi connectivity index (χ4n) is 3.14. The third-order valence-corrected chi connectivity index (χ3v) is 4.51. The summed E-state index contributed by atoms with van der Waals surface area (Å²) in [5.41, 5.74) is 4.22. The molecule has 28 heavy (non-hydrogen) atoms. The zero-order valence-corrected chi connectivity index (χ0v) is 17.4. The Morgan fingerprint density at radius 2 is 1.86 bits per heavy atom. The van der Waals surface area contributed by atoms with Crippen LogP contribution in [0.5, 0.6) is 0 Å². The molecular formula is C19H25Cl2N7. The maximum Gasteiger partial charge on any atom is 0.133 e. The average Bonchev–Trinajstić information content (AvgIpc) is 3.04. The maximum atomic E-state index is 4.73. The highest BCUT2D eigenvalue weighted by Gasteiger charge is 2.16. The predicted octanol–water partition coefficient (Wildman–Crippen LogP) is 2.76. The van der Waals surface area contributed by atoms with Crippen LogP contribution in [-0.2, 0) is 25.8 Å². The van der Waals surface area contributed by atoms with Gasteiger partial charge in [0.2, 0.25) is 0 Å². The molecule has 0 saturated carbocycles. The molecule has 4 rings (SSSR count). The van der Waals surface area contributed by atoms with Crippen molar-refractivity contribution in [3.8, 4) is 5.69 Å². The van der Waals surface area contributed by atoms with Crippen LogP contribution in [-0.4, -0.2) is 38.1 Å². The second kappa shape index (κ2) is 10.4. The number of anilines is 1. The molecule has 0 spiro atoms. The van der Waals surface area contributed by atoms with Crippen molar-refractivity contribution in [2.24, 2.45) is 0 Å². The number of nitrogens with one attached hydrogen (secondary N) is 2. The third-order valence-electron chi connectivity index (χ3n) is 4.51. The number of hydrogen-bond acceptors (Lipinski definition) is 6. The van der Waals surface area contributed by atoms with E-state index in [9.17, 15) is 0 Å². The van der Waals surface area contributed by atoms with E-state index >= 15 is 0 Å². The minimum atomic E-state index is 0. The minimum Gasteiger partial charge on any atom is -0.364 e. The molecular weight excluding hydrogens is 397 g/mol. The van der Waals surface area contributed by atoms with E-state index in [1.807, 2.05) is 30.3 Å². The molecule has 150 valence electrons. The molecule has 0 saturated heterocycles. The largest absolute Gasteiger partial charge is 0.364 e. The second-order valence-electron chi connectivity index (χ2n) is 6.33. The van der Waals surface area contributed by atoms with E-state index in [1.165, 1.54) is 5.56 Å². The van der Waals surface area contributed by atoms with Gasteiger partial charge in [-0.15, -0.1) is 24.8 Å². The van der Waals surface area contributed by atoms with E-state index in [0.29, 0.717) is 6.54 Å². The molecule has 0 fully saturated rings. The first-order valence-corrected chi connectivity index (χ1v) is 9.13. The van der Waals surface area contributed by atoms with E-state index in [1.54, 1.807) is 11.0 Å².